The van der Waals surface area contributed by atoms with Gasteiger partial charge in [-0.25, -0.2) is 0 Å². The molecule has 0 aromatic rings. The number of carbonyl (C=O) groups is 1. The Morgan fingerprint density at radius 2 is 2.15 bits per heavy atom. The molecule has 0 saturated heterocycles. The zero-order chi connectivity index (χ0) is 10.5. The van der Waals surface area contributed by atoms with E-state index < -0.39 is 5.54 Å². The van der Waals surface area contributed by atoms with Gasteiger partial charge in [0.1, 0.15) is 5.54 Å². The quantitative estimate of drug-likeness (QED) is 0.689. The molecule has 3 nitrogen and oxygen atoms in total. The van der Waals surface area contributed by atoms with E-state index >= 15 is 0 Å². The highest BCUT2D eigenvalue weighted by Gasteiger charge is 2.23. The van der Waals surface area contributed by atoms with Crippen molar-refractivity contribution >= 4 is 17.7 Å². The Kier molecular flexibility index (Phi) is 5.40. The van der Waals surface area contributed by atoms with Gasteiger partial charge in [-0.1, -0.05) is 6.92 Å². The molecule has 13 heavy (non-hydrogen) atoms. The maximum atomic E-state index is 11.2. The lowest BCUT2D eigenvalue weighted by molar-refractivity contribution is -0.148. The van der Waals surface area contributed by atoms with Crippen LogP contribution in [0.25, 0.3) is 0 Å². The van der Waals surface area contributed by atoms with Crippen LogP contribution in [0.1, 0.15) is 27.2 Å². The molecular formula is C9H19NO2S. The molecular weight excluding hydrogens is 186 g/mol. The van der Waals surface area contributed by atoms with Crippen LogP contribution in [0, 0.1) is 0 Å². The lowest BCUT2D eigenvalue weighted by atomic mass is 10.1. The number of thioether (sulfide) groups is 1. The highest BCUT2D eigenvalue weighted by Crippen LogP contribution is 2.10. The molecule has 0 aromatic carbocycles. The maximum Gasteiger partial charge on any atom is 0.325 e. The third-order valence-electron chi connectivity index (χ3n) is 1.69. The van der Waals surface area contributed by atoms with Crippen LogP contribution in [0.5, 0.6) is 0 Å². The normalized spacial score (nSPS) is 13.9. The van der Waals surface area contributed by atoms with Gasteiger partial charge in [-0.3, -0.25) is 4.79 Å². The van der Waals surface area contributed by atoms with Crippen LogP contribution in [-0.4, -0.2) is 29.6 Å². The summed E-state index contributed by atoms with van der Waals surface area (Å²) in [5.41, 5.74) is 4.68. The van der Waals surface area contributed by atoms with E-state index in [9.17, 15) is 4.79 Å². The molecule has 2 N–H and O–H groups in total. The molecule has 0 rings (SSSR count). The first-order valence-electron chi connectivity index (χ1n) is 4.37. The van der Waals surface area contributed by atoms with E-state index in [0.29, 0.717) is 11.9 Å². The van der Waals surface area contributed by atoms with Crippen molar-refractivity contribution in [3.8, 4) is 0 Å². The Hall–Kier alpha value is -0.220. The molecule has 0 aliphatic rings. The van der Waals surface area contributed by atoms with Gasteiger partial charge >= 0.3 is 5.97 Å². The zero-order valence-electron chi connectivity index (χ0n) is 8.79. The molecule has 0 spiro atoms. The van der Waals surface area contributed by atoms with Crippen LogP contribution >= 0.6 is 11.8 Å². The number of hydrogen-bond donors (Lipinski definition) is 1. The highest BCUT2D eigenvalue weighted by molar-refractivity contribution is 7.99. The fraction of sp³-hybridized carbons (Fsp3) is 0.889. The smallest absolute Gasteiger partial charge is 0.325 e. The molecule has 0 amide bonds. The van der Waals surface area contributed by atoms with Crippen molar-refractivity contribution in [2.45, 2.75) is 38.0 Å². The molecule has 0 fully saturated rings. The number of nitrogens with two attached hydrogens (primary N) is 1. The Bertz CT molecular complexity index is 165. The first-order valence-corrected chi connectivity index (χ1v) is 5.65. The molecule has 0 aliphatic heterocycles. The number of carbonyl (C=O) groups excluding carboxylic acids is 1. The summed E-state index contributed by atoms with van der Waals surface area (Å²) in [6, 6.07) is 0. The summed E-state index contributed by atoms with van der Waals surface area (Å²) in [6.07, 6.45) is 2.92. The predicted molar refractivity (Wildman–Crippen MR) is 56.8 cm³/mol. The van der Waals surface area contributed by atoms with Gasteiger partial charge in [0.15, 0.2) is 0 Å². The molecule has 0 saturated carbocycles. The molecule has 1 atom stereocenters. The van der Waals surface area contributed by atoms with Crippen LogP contribution in [0.2, 0.25) is 0 Å². The van der Waals surface area contributed by atoms with Gasteiger partial charge in [-0.2, -0.15) is 11.8 Å². The first kappa shape index (κ1) is 12.8. The fourth-order valence-electron chi connectivity index (χ4n) is 0.621. The second-order valence-electron chi connectivity index (χ2n) is 3.69. The van der Waals surface area contributed by atoms with Gasteiger partial charge in [-0.05, 0) is 26.5 Å². The summed E-state index contributed by atoms with van der Waals surface area (Å²) in [4.78, 5) is 11.2. The van der Waals surface area contributed by atoms with E-state index in [1.54, 1.807) is 25.6 Å². The minimum atomic E-state index is -0.872. The predicted octanol–water partition coefficient (Wildman–Crippen LogP) is 1.41. The van der Waals surface area contributed by atoms with Crippen molar-refractivity contribution in [1.29, 1.82) is 0 Å². The standard InChI is InChI=1S/C9H19NO2S/c1-7(13-4)5-6-12-8(11)9(2,3)10/h7H,5-6,10H2,1-4H3. The average Bonchev–Trinajstić information content (AvgIpc) is 2.02. The minimum absolute atomic E-state index is 0.333. The second kappa shape index (κ2) is 5.50. The molecule has 78 valence electrons. The first-order chi connectivity index (χ1) is 5.88. The van der Waals surface area contributed by atoms with E-state index in [0.717, 1.165) is 6.42 Å². The number of hydrogen-bond acceptors (Lipinski definition) is 4. The highest BCUT2D eigenvalue weighted by atomic mass is 32.2. The fourth-order valence-corrected chi connectivity index (χ4v) is 0.953. The SMILES string of the molecule is CSC(C)CCOC(=O)C(C)(C)N. The minimum Gasteiger partial charge on any atom is -0.464 e. The molecule has 0 radical (unpaired) electrons. The molecule has 0 aliphatic carbocycles. The van der Waals surface area contributed by atoms with Crippen molar-refractivity contribution in [3.63, 3.8) is 0 Å². The molecule has 0 heterocycles. The van der Waals surface area contributed by atoms with Crippen LogP contribution in [0.4, 0.5) is 0 Å². The van der Waals surface area contributed by atoms with Crippen LogP contribution in [-0.2, 0) is 9.53 Å². The topological polar surface area (TPSA) is 52.3 Å². The van der Waals surface area contributed by atoms with Gasteiger partial charge < -0.3 is 10.5 Å². The summed E-state index contributed by atoms with van der Waals surface area (Å²) >= 11 is 1.76. The van der Waals surface area contributed by atoms with Crippen molar-refractivity contribution < 1.29 is 9.53 Å². The average molecular weight is 205 g/mol. The van der Waals surface area contributed by atoms with Gasteiger partial charge in [0, 0.05) is 5.25 Å². The number of esters is 1. The third-order valence-corrected chi connectivity index (χ3v) is 2.73. The lowest BCUT2D eigenvalue weighted by Gasteiger charge is -2.17. The van der Waals surface area contributed by atoms with Crippen molar-refractivity contribution in [3.05, 3.63) is 0 Å². The second-order valence-corrected chi connectivity index (χ2v) is 4.97. The van der Waals surface area contributed by atoms with Crippen LogP contribution < -0.4 is 5.73 Å². The molecule has 4 heteroatoms. The maximum absolute atomic E-state index is 11.2. The third kappa shape index (κ3) is 5.93. The summed E-state index contributed by atoms with van der Waals surface area (Å²) in [6.45, 7) is 5.86. The molecule has 0 bridgehead atoms. The zero-order valence-corrected chi connectivity index (χ0v) is 9.61. The van der Waals surface area contributed by atoms with E-state index in [-0.39, 0.29) is 5.97 Å². The van der Waals surface area contributed by atoms with Crippen molar-refractivity contribution in [2.75, 3.05) is 12.9 Å². The van der Waals surface area contributed by atoms with E-state index in [1.807, 2.05) is 6.26 Å². The Balaban J connectivity index is 3.60. The Morgan fingerprint density at radius 3 is 2.54 bits per heavy atom. The lowest BCUT2D eigenvalue weighted by Crippen LogP contribution is -2.43. The number of rotatable bonds is 5. The molecule has 1 unspecified atom stereocenters. The largest absolute Gasteiger partial charge is 0.464 e. The summed E-state index contributed by atoms with van der Waals surface area (Å²) in [5.74, 6) is -0.333. The van der Waals surface area contributed by atoms with Gasteiger partial charge in [0.25, 0.3) is 0 Å². The van der Waals surface area contributed by atoms with Crippen LogP contribution in [0.3, 0.4) is 0 Å². The van der Waals surface area contributed by atoms with Gasteiger partial charge in [0.2, 0.25) is 0 Å². The molecule has 0 aromatic heterocycles. The van der Waals surface area contributed by atoms with Crippen molar-refractivity contribution in [1.82, 2.24) is 0 Å². The Morgan fingerprint density at radius 1 is 1.62 bits per heavy atom. The van der Waals surface area contributed by atoms with Gasteiger partial charge in [0.05, 0.1) is 6.61 Å². The van der Waals surface area contributed by atoms with Crippen LogP contribution in [0.15, 0.2) is 0 Å². The van der Waals surface area contributed by atoms with Crippen molar-refractivity contribution in [2.24, 2.45) is 5.73 Å². The van der Waals surface area contributed by atoms with E-state index in [2.05, 4.69) is 6.92 Å². The summed E-state index contributed by atoms with van der Waals surface area (Å²) in [7, 11) is 0. The Labute approximate surface area is 84.4 Å². The van der Waals surface area contributed by atoms with Gasteiger partial charge in [-0.15, -0.1) is 0 Å². The summed E-state index contributed by atoms with van der Waals surface area (Å²) < 4.78 is 5.00. The number of ether oxygens (including phenoxy) is 1. The van der Waals surface area contributed by atoms with E-state index in [4.69, 9.17) is 10.5 Å². The van der Waals surface area contributed by atoms with E-state index in [1.165, 1.54) is 0 Å². The monoisotopic (exact) mass is 205 g/mol. The summed E-state index contributed by atoms with van der Waals surface area (Å²) in [5, 5.41) is 0.522.